The lowest BCUT2D eigenvalue weighted by Gasteiger charge is -2.19. The Morgan fingerprint density at radius 3 is 1.14 bits per heavy atom. The zero-order chi connectivity index (χ0) is 37.1. The van der Waals surface area contributed by atoms with E-state index in [0.717, 1.165) is 32.1 Å². The predicted octanol–water partition coefficient (Wildman–Crippen LogP) is 14.2. The molecule has 0 aromatic carbocycles. The van der Waals surface area contributed by atoms with Gasteiger partial charge in [-0.15, -0.1) is 0 Å². The number of unbranched alkanes of at least 4 members (excludes halogenated alkanes) is 30. The first-order valence-electron chi connectivity index (χ1n) is 22.7. The number of carbonyl (C=O) groups is 1. The molecule has 0 saturated heterocycles. The van der Waals surface area contributed by atoms with Crippen LogP contribution in [-0.2, 0) is 4.79 Å². The van der Waals surface area contributed by atoms with E-state index in [2.05, 4.69) is 43.5 Å². The maximum absolute atomic E-state index is 12.4. The summed E-state index contributed by atoms with van der Waals surface area (Å²) >= 11 is 0. The molecule has 0 radical (unpaired) electrons. The van der Waals surface area contributed by atoms with Crippen molar-refractivity contribution >= 4 is 5.91 Å². The molecule has 0 aromatic heterocycles. The van der Waals surface area contributed by atoms with Crippen LogP contribution in [0.2, 0.25) is 0 Å². The highest BCUT2D eigenvalue weighted by Gasteiger charge is 2.17. The third-order valence-electron chi connectivity index (χ3n) is 10.3. The van der Waals surface area contributed by atoms with Crippen molar-refractivity contribution in [3.05, 3.63) is 36.5 Å². The largest absolute Gasteiger partial charge is 0.394 e. The van der Waals surface area contributed by atoms with Crippen molar-refractivity contribution in [2.75, 3.05) is 6.61 Å². The quantitative estimate of drug-likeness (QED) is 0.0436. The van der Waals surface area contributed by atoms with Gasteiger partial charge in [0.05, 0.1) is 18.8 Å². The van der Waals surface area contributed by atoms with Gasteiger partial charge in [0, 0.05) is 6.42 Å². The van der Waals surface area contributed by atoms with Crippen molar-refractivity contribution in [1.29, 1.82) is 0 Å². The molecular weight excluding hydrogens is 627 g/mol. The van der Waals surface area contributed by atoms with Gasteiger partial charge in [-0.3, -0.25) is 4.79 Å². The van der Waals surface area contributed by atoms with Crippen LogP contribution in [0.3, 0.4) is 0 Å². The minimum Gasteiger partial charge on any atom is -0.394 e. The van der Waals surface area contributed by atoms with E-state index in [1.807, 2.05) is 6.08 Å². The molecule has 0 spiro atoms. The van der Waals surface area contributed by atoms with Crippen molar-refractivity contribution in [3.8, 4) is 0 Å². The molecule has 0 bridgehead atoms. The molecular formula is C47H89NO3. The van der Waals surface area contributed by atoms with Crippen molar-refractivity contribution < 1.29 is 15.0 Å². The molecule has 51 heavy (non-hydrogen) atoms. The highest BCUT2D eigenvalue weighted by atomic mass is 16.3. The summed E-state index contributed by atoms with van der Waals surface area (Å²) in [4.78, 5) is 12.4. The van der Waals surface area contributed by atoms with Crippen LogP contribution in [0.25, 0.3) is 0 Å². The first-order valence-corrected chi connectivity index (χ1v) is 22.7. The summed E-state index contributed by atoms with van der Waals surface area (Å²) in [5.74, 6) is -0.0728. The topological polar surface area (TPSA) is 69.6 Å². The van der Waals surface area contributed by atoms with Crippen molar-refractivity contribution in [2.24, 2.45) is 0 Å². The van der Waals surface area contributed by atoms with Gasteiger partial charge in [-0.05, 0) is 57.8 Å². The lowest BCUT2D eigenvalue weighted by molar-refractivity contribution is -0.123. The van der Waals surface area contributed by atoms with Gasteiger partial charge in [0.1, 0.15) is 0 Å². The summed E-state index contributed by atoms with van der Waals surface area (Å²) in [5.41, 5.74) is 0. The lowest BCUT2D eigenvalue weighted by Crippen LogP contribution is -2.45. The Balaban J connectivity index is 3.56. The summed E-state index contributed by atoms with van der Waals surface area (Å²) in [6.07, 6.45) is 56.9. The van der Waals surface area contributed by atoms with Gasteiger partial charge in [-0.25, -0.2) is 0 Å². The zero-order valence-corrected chi connectivity index (χ0v) is 34.4. The fraction of sp³-hybridized carbons (Fsp3) is 0.851. The van der Waals surface area contributed by atoms with Crippen LogP contribution < -0.4 is 5.32 Å². The molecule has 3 N–H and O–H groups in total. The molecule has 4 nitrogen and oxygen atoms in total. The van der Waals surface area contributed by atoms with E-state index in [4.69, 9.17) is 0 Å². The number of hydrogen-bond donors (Lipinski definition) is 3. The van der Waals surface area contributed by atoms with Gasteiger partial charge < -0.3 is 15.5 Å². The van der Waals surface area contributed by atoms with Crippen molar-refractivity contribution in [3.63, 3.8) is 0 Å². The van der Waals surface area contributed by atoms with E-state index >= 15 is 0 Å². The normalized spacial score (nSPS) is 13.3. The second-order valence-electron chi connectivity index (χ2n) is 15.5. The van der Waals surface area contributed by atoms with E-state index in [1.165, 1.54) is 186 Å². The van der Waals surface area contributed by atoms with Crippen LogP contribution in [0, 0.1) is 0 Å². The summed E-state index contributed by atoms with van der Waals surface area (Å²) < 4.78 is 0. The van der Waals surface area contributed by atoms with Gasteiger partial charge >= 0.3 is 0 Å². The molecule has 1 amide bonds. The van der Waals surface area contributed by atoms with Crippen LogP contribution in [0.4, 0.5) is 0 Å². The molecule has 300 valence electrons. The average Bonchev–Trinajstić information content (AvgIpc) is 3.13. The Kier molecular flexibility index (Phi) is 41.8. The Morgan fingerprint density at radius 1 is 0.451 bits per heavy atom. The first kappa shape index (κ1) is 49.6. The summed E-state index contributed by atoms with van der Waals surface area (Å²) in [5, 5.41) is 23.0. The van der Waals surface area contributed by atoms with E-state index in [1.54, 1.807) is 6.08 Å². The minimum atomic E-state index is -0.860. The average molecular weight is 716 g/mol. The van der Waals surface area contributed by atoms with Gasteiger partial charge in [-0.2, -0.15) is 0 Å². The zero-order valence-electron chi connectivity index (χ0n) is 34.4. The van der Waals surface area contributed by atoms with E-state index in [-0.39, 0.29) is 12.5 Å². The number of hydrogen-bond acceptors (Lipinski definition) is 3. The third-order valence-corrected chi connectivity index (χ3v) is 10.3. The van der Waals surface area contributed by atoms with Gasteiger partial charge in [0.25, 0.3) is 0 Å². The summed E-state index contributed by atoms with van der Waals surface area (Å²) in [6, 6.07) is -0.637. The Morgan fingerprint density at radius 2 is 0.765 bits per heavy atom. The smallest absolute Gasteiger partial charge is 0.220 e. The van der Waals surface area contributed by atoms with Crippen LogP contribution >= 0.6 is 0 Å². The Bertz CT molecular complexity index is 775. The molecule has 0 heterocycles. The molecule has 0 saturated carbocycles. The first-order chi connectivity index (χ1) is 25.2. The second-order valence-corrected chi connectivity index (χ2v) is 15.5. The number of allylic oxidation sites excluding steroid dienone is 5. The number of nitrogens with one attached hydrogen (secondary N) is 1. The van der Waals surface area contributed by atoms with E-state index in [9.17, 15) is 15.0 Å². The van der Waals surface area contributed by atoms with Crippen molar-refractivity contribution in [2.45, 2.75) is 251 Å². The van der Waals surface area contributed by atoms with Crippen molar-refractivity contribution in [1.82, 2.24) is 5.32 Å². The number of amides is 1. The highest BCUT2D eigenvalue weighted by Crippen LogP contribution is 2.15. The van der Waals surface area contributed by atoms with Crippen LogP contribution in [0.5, 0.6) is 0 Å². The molecule has 0 aliphatic rings. The maximum atomic E-state index is 12.4. The SMILES string of the molecule is CCCCCCCC/C=C/CCCCCCCCCCCCCCCC(=O)N[C@@H](CO)[C@H](O)/C=C/CC/C=C/CCCCCCCCCCCC. The van der Waals surface area contributed by atoms with Crippen LogP contribution in [-0.4, -0.2) is 34.9 Å². The van der Waals surface area contributed by atoms with Crippen LogP contribution in [0.1, 0.15) is 239 Å². The maximum Gasteiger partial charge on any atom is 0.220 e. The molecule has 0 aromatic rings. The molecule has 0 fully saturated rings. The third kappa shape index (κ3) is 39.6. The molecule has 0 aliphatic heterocycles. The molecule has 0 rings (SSSR count). The monoisotopic (exact) mass is 716 g/mol. The van der Waals surface area contributed by atoms with Gasteiger partial charge in [-0.1, -0.05) is 211 Å². The lowest BCUT2D eigenvalue weighted by atomic mass is 10.0. The van der Waals surface area contributed by atoms with Gasteiger partial charge in [0.15, 0.2) is 0 Å². The molecule has 4 heteroatoms. The van der Waals surface area contributed by atoms with Crippen LogP contribution in [0.15, 0.2) is 36.5 Å². The second kappa shape index (κ2) is 43.0. The number of aliphatic hydroxyl groups excluding tert-OH is 2. The summed E-state index contributed by atoms with van der Waals surface area (Å²) in [7, 11) is 0. The Labute approximate surface area is 319 Å². The fourth-order valence-electron chi connectivity index (χ4n) is 6.84. The predicted molar refractivity (Wildman–Crippen MR) is 225 cm³/mol. The number of aliphatic hydroxyl groups is 2. The molecule has 2 atom stereocenters. The summed E-state index contributed by atoms with van der Waals surface area (Å²) in [6.45, 7) is 4.30. The Hall–Kier alpha value is -1.39. The fourth-order valence-corrected chi connectivity index (χ4v) is 6.84. The van der Waals surface area contributed by atoms with Gasteiger partial charge in [0.2, 0.25) is 5.91 Å². The number of carbonyl (C=O) groups excluding carboxylic acids is 1. The standard InChI is InChI=1S/C47H89NO3/c1-3-5-7-9-11-13-15-17-19-21-22-23-24-25-26-27-29-31-33-35-37-39-41-43-47(51)48-45(44-49)46(50)42-40-38-36-34-32-30-28-20-18-16-14-12-10-8-6-4-2/h17,19,32,34,40,42,45-46,49-50H,3-16,18,20-31,33,35-39,41,43-44H2,1-2H3,(H,48,51)/b19-17+,34-32+,42-40+/t45-,46+/m0/s1. The van der Waals surface area contributed by atoms with E-state index in [0.29, 0.717) is 6.42 Å². The molecule has 0 unspecified atom stereocenters. The minimum absolute atomic E-state index is 0.0728. The highest BCUT2D eigenvalue weighted by molar-refractivity contribution is 5.76. The molecule has 0 aliphatic carbocycles. The van der Waals surface area contributed by atoms with E-state index < -0.39 is 12.1 Å². The number of rotatable bonds is 41.